The number of hydrogen-bond acceptors (Lipinski definition) is 2. The first-order valence-electron chi connectivity index (χ1n) is 7.10. The third-order valence-corrected chi connectivity index (χ3v) is 3.65. The minimum absolute atomic E-state index is 0.193. The van der Waals surface area contributed by atoms with Crippen LogP contribution in [0, 0.1) is 6.92 Å². The van der Waals surface area contributed by atoms with Crippen LogP contribution in [0.2, 0.25) is 0 Å². The number of aryl methyl sites for hydroxylation is 1. The number of halogens is 1. The standard InChI is InChI=1S/C17H19BrN2O2/c1-13-5-2-3-6-14(13)12-20-17(21)19-9-10-22-16-8-4-7-15(18)11-16/h2-8,11H,9-10,12H2,1H3,(H2,19,20,21). The van der Waals surface area contributed by atoms with E-state index >= 15 is 0 Å². The van der Waals surface area contributed by atoms with E-state index in [9.17, 15) is 4.79 Å². The van der Waals surface area contributed by atoms with Crippen molar-refractivity contribution in [3.05, 3.63) is 64.1 Å². The second kappa shape index (κ2) is 8.44. The Balaban J connectivity index is 1.65. The van der Waals surface area contributed by atoms with Gasteiger partial charge in [-0.3, -0.25) is 0 Å². The molecule has 2 aromatic rings. The lowest BCUT2D eigenvalue weighted by atomic mass is 10.1. The molecule has 0 spiro atoms. The summed E-state index contributed by atoms with van der Waals surface area (Å²) in [5, 5.41) is 5.60. The third-order valence-electron chi connectivity index (χ3n) is 3.15. The van der Waals surface area contributed by atoms with Crippen molar-refractivity contribution >= 4 is 22.0 Å². The fourth-order valence-corrected chi connectivity index (χ4v) is 2.31. The van der Waals surface area contributed by atoms with E-state index in [0.29, 0.717) is 19.7 Å². The molecule has 22 heavy (non-hydrogen) atoms. The first-order chi connectivity index (χ1) is 10.6. The van der Waals surface area contributed by atoms with Crippen molar-refractivity contribution < 1.29 is 9.53 Å². The van der Waals surface area contributed by atoms with Crippen LogP contribution in [0.5, 0.6) is 5.75 Å². The first kappa shape index (κ1) is 16.4. The molecule has 0 bridgehead atoms. The minimum atomic E-state index is -0.193. The highest BCUT2D eigenvalue weighted by atomic mass is 79.9. The van der Waals surface area contributed by atoms with Crippen LogP contribution in [-0.4, -0.2) is 19.2 Å². The maximum absolute atomic E-state index is 11.7. The van der Waals surface area contributed by atoms with Crippen molar-refractivity contribution in [2.24, 2.45) is 0 Å². The maximum Gasteiger partial charge on any atom is 0.315 e. The van der Waals surface area contributed by atoms with Gasteiger partial charge in [0.25, 0.3) is 0 Å². The molecule has 0 aliphatic carbocycles. The zero-order chi connectivity index (χ0) is 15.8. The molecule has 5 heteroatoms. The van der Waals surface area contributed by atoms with Crippen LogP contribution in [0.15, 0.2) is 53.0 Å². The summed E-state index contributed by atoms with van der Waals surface area (Å²) >= 11 is 3.38. The van der Waals surface area contributed by atoms with Crippen LogP contribution < -0.4 is 15.4 Å². The van der Waals surface area contributed by atoms with E-state index in [1.807, 2.05) is 55.5 Å². The number of amides is 2. The van der Waals surface area contributed by atoms with Crippen LogP contribution in [0.4, 0.5) is 4.79 Å². The lowest BCUT2D eigenvalue weighted by molar-refractivity contribution is 0.236. The SMILES string of the molecule is Cc1ccccc1CNC(=O)NCCOc1cccc(Br)c1. The van der Waals surface area contributed by atoms with E-state index < -0.39 is 0 Å². The highest BCUT2D eigenvalue weighted by molar-refractivity contribution is 9.10. The molecule has 116 valence electrons. The van der Waals surface area contributed by atoms with Crippen molar-refractivity contribution in [3.8, 4) is 5.75 Å². The van der Waals surface area contributed by atoms with E-state index in [1.54, 1.807) is 0 Å². The van der Waals surface area contributed by atoms with E-state index in [4.69, 9.17) is 4.74 Å². The summed E-state index contributed by atoms with van der Waals surface area (Å²) in [6.07, 6.45) is 0. The molecule has 0 saturated carbocycles. The van der Waals surface area contributed by atoms with Gasteiger partial charge in [-0.15, -0.1) is 0 Å². The maximum atomic E-state index is 11.7. The van der Waals surface area contributed by atoms with Gasteiger partial charge in [0.1, 0.15) is 12.4 Å². The summed E-state index contributed by atoms with van der Waals surface area (Å²) in [6, 6.07) is 15.4. The minimum Gasteiger partial charge on any atom is -0.492 e. The lowest BCUT2D eigenvalue weighted by Crippen LogP contribution is -2.37. The Labute approximate surface area is 139 Å². The summed E-state index contributed by atoms with van der Waals surface area (Å²) in [6.45, 7) is 3.42. The molecule has 0 aliphatic heterocycles. The van der Waals surface area contributed by atoms with E-state index in [0.717, 1.165) is 15.8 Å². The summed E-state index contributed by atoms with van der Waals surface area (Å²) in [4.78, 5) is 11.7. The van der Waals surface area contributed by atoms with Crippen molar-refractivity contribution in [3.63, 3.8) is 0 Å². The summed E-state index contributed by atoms with van der Waals surface area (Å²) in [5.41, 5.74) is 2.28. The fraction of sp³-hybridized carbons (Fsp3) is 0.235. The number of ether oxygens (including phenoxy) is 1. The number of nitrogens with one attached hydrogen (secondary N) is 2. The molecule has 0 atom stereocenters. The van der Waals surface area contributed by atoms with E-state index in [-0.39, 0.29) is 6.03 Å². The quantitative estimate of drug-likeness (QED) is 0.770. The summed E-state index contributed by atoms with van der Waals surface area (Å²) in [7, 11) is 0. The van der Waals surface area contributed by atoms with Gasteiger partial charge in [0.15, 0.2) is 0 Å². The Kier molecular flexibility index (Phi) is 6.27. The Morgan fingerprint density at radius 1 is 1.14 bits per heavy atom. The number of rotatable bonds is 6. The molecule has 0 saturated heterocycles. The number of hydrogen-bond donors (Lipinski definition) is 2. The van der Waals surface area contributed by atoms with Crippen LogP contribution >= 0.6 is 15.9 Å². The number of carbonyl (C=O) groups is 1. The van der Waals surface area contributed by atoms with Gasteiger partial charge in [0.05, 0.1) is 6.54 Å². The molecular weight excluding hydrogens is 344 g/mol. The Morgan fingerprint density at radius 3 is 2.73 bits per heavy atom. The average Bonchev–Trinajstić information content (AvgIpc) is 2.51. The molecular formula is C17H19BrN2O2. The fourth-order valence-electron chi connectivity index (χ4n) is 1.94. The normalized spacial score (nSPS) is 10.1. The van der Waals surface area contributed by atoms with Crippen molar-refractivity contribution in [1.82, 2.24) is 10.6 Å². The van der Waals surface area contributed by atoms with Crippen LogP contribution in [-0.2, 0) is 6.54 Å². The van der Waals surface area contributed by atoms with Gasteiger partial charge in [-0.25, -0.2) is 4.79 Å². The van der Waals surface area contributed by atoms with Gasteiger partial charge in [0.2, 0.25) is 0 Å². The van der Waals surface area contributed by atoms with Crippen molar-refractivity contribution in [2.75, 3.05) is 13.2 Å². The predicted molar refractivity (Wildman–Crippen MR) is 91.1 cm³/mol. The second-order valence-corrected chi connectivity index (χ2v) is 5.76. The summed E-state index contributed by atoms with van der Waals surface area (Å²) in [5.74, 6) is 0.775. The average molecular weight is 363 g/mol. The molecule has 2 aromatic carbocycles. The smallest absolute Gasteiger partial charge is 0.315 e. The molecule has 0 aliphatic rings. The third kappa shape index (κ3) is 5.41. The molecule has 0 unspecified atom stereocenters. The molecule has 2 rings (SSSR count). The van der Waals surface area contributed by atoms with Crippen LogP contribution in [0.3, 0.4) is 0 Å². The van der Waals surface area contributed by atoms with Crippen LogP contribution in [0.1, 0.15) is 11.1 Å². The zero-order valence-corrected chi connectivity index (χ0v) is 14.0. The second-order valence-electron chi connectivity index (χ2n) is 4.84. The molecule has 0 radical (unpaired) electrons. The topological polar surface area (TPSA) is 50.4 Å². The van der Waals surface area contributed by atoms with Gasteiger partial charge in [-0.2, -0.15) is 0 Å². The Bertz CT molecular complexity index is 632. The Hall–Kier alpha value is -2.01. The summed E-state index contributed by atoms with van der Waals surface area (Å²) < 4.78 is 6.51. The van der Waals surface area contributed by atoms with Crippen LogP contribution in [0.25, 0.3) is 0 Å². The largest absolute Gasteiger partial charge is 0.492 e. The molecule has 2 N–H and O–H groups in total. The zero-order valence-electron chi connectivity index (χ0n) is 12.4. The van der Waals surface area contributed by atoms with Gasteiger partial charge in [-0.1, -0.05) is 46.3 Å². The lowest BCUT2D eigenvalue weighted by Gasteiger charge is -2.10. The molecule has 2 amide bonds. The number of urea groups is 1. The van der Waals surface area contributed by atoms with Crippen molar-refractivity contribution in [1.29, 1.82) is 0 Å². The molecule has 0 aromatic heterocycles. The molecule has 4 nitrogen and oxygen atoms in total. The highest BCUT2D eigenvalue weighted by Gasteiger charge is 2.02. The molecule has 0 fully saturated rings. The van der Waals surface area contributed by atoms with E-state index in [2.05, 4.69) is 26.6 Å². The number of benzene rings is 2. The van der Waals surface area contributed by atoms with Gasteiger partial charge in [0, 0.05) is 11.0 Å². The van der Waals surface area contributed by atoms with Crippen molar-refractivity contribution in [2.45, 2.75) is 13.5 Å². The number of carbonyl (C=O) groups excluding carboxylic acids is 1. The molecule has 0 heterocycles. The van der Waals surface area contributed by atoms with Gasteiger partial charge >= 0.3 is 6.03 Å². The van der Waals surface area contributed by atoms with E-state index in [1.165, 1.54) is 5.56 Å². The predicted octanol–water partition coefficient (Wildman–Crippen LogP) is 3.64. The highest BCUT2D eigenvalue weighted by Crippen LogP contribution is 2.17. The van der Waals surface area contributed by atoms with Gasteiger partial charge < -0.3 is 15.4 Å². The van der Waals surface area contributed by atoms with Gasteiger partial charge in [-0.05, 0) is 36.2 Å². The first-order valence-corrected chi connectivity index (χ1v) is 7.89. The monoisotopic (exact) mass is 362 g/mol. The Morgan fingerprint density at radius 2 is 1.95 bits per heavy atom.